The van der Waals surface area contributed by atoms with E-state index in [1.165, 1.54) is 12.1 Å². The standard InChI is InChI=1S/C20H25FN2O5/c21-16-4-2-15(3-5-16)12-23-9-1-6-20(26,17(23)24)13-22-10-7-19(8-11-22)14-27-18(25)28-19/h2-5,26H,1,6-14H2/t20-/m0/s1. The second-order valence-corrected chi connectivity index (χ2v) is 8.09. The van der Waals surface area contributed by atoms with Crippen LogP contribution in [0.5, 0.6) is 0 Å². The van der Waals surface area contributed by atoms with Crippen molar-refractivity contribution >= 4 is 12.1 Å². The third kappa shape index (κ3) is 3.84. The van der Waals surface area contributed by atoms with E-state index in [0.29, 0.717) is 51.9 Å². The molecule has 0 bridgehead atoms. The quantitative estimate of drug-likeness (QED) is 0.786. The van der Waals surface area contributed by atoms with Gasteiger partial charge in [-0.05, 0) is 30.5 Å². The number of likely N-dealkylation sites (tertiary alicyclic amines) is 2. The average Bonchev–Trinajstić information content (AvgIpc) is 3.04. The van der Waals surface area contributed by atoms with Gasteiger partial charge < -0.3 is 19.5 Å². The third-order valence-electron chi connectivity index (χ3n) is 6.00. The molecule has 7 nitrogen and oxygen atoms in total. The summed E-state index contributed by atoms with van der Waals surface area (Å²) in [5, 5.41) is 11.1. The molecule has 1 amide bonds. The Morgan fingerprint density at radius 3 is 2.43 bits per heavy atom. The number of aliphatic hydroxyl groups is 1. The molecule has 1 atom stereocenters. The van der Waals surface area contributed by atoms with Crippen LogP contribution in [0.4, 0.5) is 9.18 Å². The predicted molar refractivity (Wildman–Crippen MR) is 96.8 cm³/mol. The van der Waals surface area contributed by atoms with Crippen LogP contribution in [-0.4, -0.2) is 71.0 Å². The second kappa shape index (κ2) is 7.33. The van der Waals surface area contributed by atoms with Gasteiger partial charge in [0.25, 0.3) is 5.91 Å². The number of ether oxygens (including phenoxy) is 2. The number of amides is 1. The van der Waals surface area contributed by atoms with Crippen molar-refractivity contribution in [2.45, 2.75) is 43.4 Å². The Balaban J connectivity index is 1.36. The third-order valence-corrected chi connectivity index (χ3v) is 6.00. The summed E-state index contributed by atoms with van der Waals surface area (Å²) < 4.78 is 23.3. The van der Waals surface area contributed by atoms with Crippen LogP contribution in [-0.2, 0) is 20.8 Å². The van der Waals surface area contributed by atoms with Crippen molar-refractivity contribution in [1.29, 1.82) is 0 Å². The van der Waals surface area contributed by atoms with Crippen LogP contribution in [0.2, 0.25) is 0 Å². The lowest BCUT2D eigenvalue weighted by Crippen LogP contribution is -2.60. The van der Waals surface area contributed by atoms with Gasteiger partial charge >= 0.3 is 6.16 Å². The van der Waals surface area contributed by atoms with Gasteiger partial charge in [-0.3, -0.25) is 9.69 Å². The Morgan fingerprint density at radius 1 is 1.07 bits per heavy atom. The minimum atomic E-state index is -1.42. The molecule has 1 aromatic rings. The largest absolute Gasteiger partial charge is 0.509 e. The van der Waals surface area contributed by atoms with Crippen LogP contribution in [0.3, 0.4) is 0 Å². The van der Waals surface area contributed by atoms with Gasteiger partial charge in [-0.25, -0.2) is 9.18 Å². The van der Waals surface area contributed by atoms with Gasteiger partial charge in [0.1, 0.15) is 12.4 Å². The van der Waals surface area contributed by atoms with Crippen LogP contribution in [0.1, 0.15) is 31.2 Å². The second-order valence-electron chi connectivity index (χ2n) is 8.09. The highest BCUT2D eigenvalue weighted by Gasteiger charge is 2.48. The fourth-order valence-corrected chi connectivity index (χ4v) is 4.33. The van der Waals surface area contributed by atoms with Crippen LogP contribution < -0.4 is 0 Å². The van der Waals surface area contributed by atoms with Crippen LogP contribution >= 0.6 is 0 Å². The molecule has 3 aliphatic heterocycles. The van der Waals surface area contributed by atoms with Crippen molar-refractivity contribution < 1.29 is 28.6 Å². The molecule has 3 fully saturated rings. The molecule has 8 heteroatoms. The zero-order valence-corrected chi connectivity index (χ0v) is 15.7. The summed E-state index contributed by atoms with van der Waals surface area (Å²) in [5.41, 5.74) is -1.14. The van der Waals surface area contributed by atoms with Crippen molar-refractivity contribution in [3.8, 4) is 0 Å². The number of β-amino-alcohol motifs (C(OH)–C–C–N with tert-alkyl or cyclic N) is 1. The molecule has 0 radical (unpaired) electrons. The molecule has 3 heterocycles. The van der Waals surface area contributed by atoms with E-state index in [9.17, 15) is 19.1 Å². The Hall–Kier alpha value is -2.19. The number of hydrogen-bond donors (Lipinski definition) is 1. The number of cyclic esters (lactones) is 1. The number of hydrogen-bond acceptors (Lipinski definition) is 6. The highest BCUT2D eigenvalue weighted by atomic mass is 19.1. The predicted octanol–water partition coefficient (Wildman–Crippen LogP) is 1.68. The van der Waals surface area contributed by atoms with Crippen LogP contribution in [0.15, 0.2) is 24.3 Å². The molecule has 4 rings (SSSR count). The number of benzene rings is 1. The first-order valence-corrected chi connectivity index (χ1v) is 9.72. The number of rotatable bonds is 4. The first-order valence-electron chi connectivity index (χ1n) is 9.72. The molecule has 3 saturated heterocycles. The number of carbonyl (C=O) groups excluding carboxylic acids is 2. The van der Waals surface area contributed by atoms with E-state index < -0.39 is 17.4 Å². The van der Waals surface area contributed by atoms with E-state index in [2.05, 4.69) is 4.90 Å². The minimum absolute atomic E-state index is 0.261. The van der Waals surface area contributed by atoms with Gasteiger partial charge in [0, 0.05) is 45.6 Å². The Bertz CT molecular complexity index is 747. The van der Waals surface area contributed by atoms with E-state index in [4.69, 9.17) is 9.47 Å². The van der Waals surface area contributed by atoms with Gasteiger partial charge in [0.2, 0.25) is 0 Å². The molecule has 0 aliphatic carbocycles. The van der Waals surface area contributed by atoms with E-state index in [0.717, 1.165) is 5.56 Å². The molecule has 0 aromatic heterocycles. The first kappa shape index (κ1) is 19.1. The highest BCUT2D eigenvalue weighted by Crippen LogP contribution is 2.33. The van der Waals surface area contributed by atoms with Crippen LogP contribution in [0, 0.1) is 5.82 Å². The molecule has 1 N–H and O–H groups in total. The fraction of sp³-hybridized carbons (Fsp3) is 0.600. The SMILES string of the molecule is O=C1OCC2(CCN(C[C@@]3(O)CCCN(Cc4ccc(F)cc4)C3=O)CC2)O1. The number of halogens is 1. The van der Waals surface area contributed by atoms with E-state index in [-0.39, 0.29) is 24.9 Å². The molecule has 1 aromatic carbocycles. The molecule has 3 aliphatic rings. The molecule has 1 spiro atoms. The minimum Gasteiger partial charge on any atom is -0.430 e. The zero-order valence-electron chi connectivity index (χ0n) is 15.7. The zero-order chi connectivity index (χ0) is 19.8. The number of piperidine rings is 2. The van der Waals surface area contributed by atoms with Crippen molar-refractivity contribution in [3.63, 3.8) is 0 Å². The molecular weight excluding hydrogens is 367 g/mol. The van der Waals surface area contributed by atoms with Crippen molar-refractivity contribution in [2.75, 3.05) is 32.8 Å². The molecule has 28 heavy (non-hydrogen) atoms. The maximum Gasteiger partial charge on any atom is 0.509 e. The highest BCUT2D eigenvalue weighted by molar-refractivity contribution is 5.86. The normalized spacial score (nSPS) is 27.7. The monoisotopic (exact) mass is 392 g/mol. The van der Waals surface area contributed by atoms with Crippen molar-refractivity contribution in [1.82, 2.24) is 9.80 Å². The maximum absolute atomic E-state index is 13.1. The summed E-state index contributed by atoms with van der Waals surface area (Å²) in [5.74, 6) is -0.592. The first-order chi connectivity index (χ1) is 13.4. The average molecular weight is 392 g/mol. The van der Waals surface area contributed by atoms with Crippen LogP contribution in [0.25, 0.3) is 0 Å². The summed E-state index contributed by atoms with van der Waals surface area (Å²) in [6.45, 7) is 2.73. The van der Waals surface area contributed by atoms with Gasteiger partial charge in [0.05, 0.1) is 0 Å². The number of nitrogens with zero attached hydrogens (tertiary/aromatic N) is 2. The molecular formula is C20H25FN2O5. The van der Waals surface area contributed by atoms with E-state index >= 15 is 0 Å². The smallest absolute Gasteiger partial charge is 0.430 e. The van der Waals surface area contributed by atoms with Gasteiger partial charge in [-0.1, -0.05) is 12.1 Å². The Morgan fingerprint density at radius 2 is 1.79 bits per heavy atom. The lowest BCUT2D eigenvalue weighted by atomic mass is 9.88. The Labute approximate surface area is 163 Å². The summed E-state index contributed by atoms with van der Waals surface area (Å²) in [4.78, 5) is 27.9. The van der Waals surface area contributed by atoms with Gasteiger partial charge in [-0.2, -0.15) is 0 Å². The van der Waals surface area contributed by atoms with Gasteiger partial charge in [0.15, 0.2) is 11.2 Å². The summed E-state index contributed by atoms with van der Waals surface area (Å²) in [6, 6.07) is 6.06. The summed E-state index contributed by atoms with van der Waals surface area (Å²) >= 11 is 0. The fourth-order valence-electron chi connectivity index (χ4n) is 4.33. The maximum atomic E-state index is 13.1. The van der Waals surface area contributed by atoms with E-state index in [1.807, 2.05) is 0 Å². The van der Waals surface area contributed by atoms with Crippen molar-refractivity contribution in [2.24, 2.45) is 0 Å². The topological polar surface area (TPSA) is 79.3 Å². The number of carbonyl (C=O) groups is 2. The lowest BCUT2D eigenvalue weighted by Gasteiger charge is -2.43. The molecule has 0 saturated carbocycles. The van der Waals surface area contributed by atoms with E-state index in [1.54, 1.807) is 17.0 Å². The van der Waals surface area contributed by atoms with Gasteiger partial charge in [-0.15, -0.1) is 0 Å². The lowest BCUT2D eigenvalue weighted by molar-refractivity contribution is -0.161. The summed E-state index contributed by atoms with van der Waals surface area (Å²) in [6.07, 6.45) is 1.77. The summed E-state index contributed by atoms with van der Waals surface area (Å²) in [7, 11) is 0. The van der Waals surface area contributed by atoms with Crippen molar-refractivity contribution in [3.05, 3.63) is 35.6 Å². The molecule has 0 unspecified atom stereocenters. The molecule has 152 valence electrons. The Kier molecular flexibility index (Phi) is 5.01.